The van der Waals surface area contributed by atoms with Gasteiger partial charge in [0.25, 0.3) is 11.5 Å². The number of hydrogen-bond donors (Lipinski definition) is 0. The van der Waals surface area contributed by atoms with Crippen LogP contribution in [0.5, 0.6) is 0 Å². The van der Waals surface area contributed by atoms with Gasteiger partial charge < -0.3 is 17.0 Å². The minimum absolute atomic E-state index is 0. The predicted octanol–water partition coefficient (Wildman–Crippen LogP) is 1.00. The maximum Gasteiger partial charge on any atom is 0.269 e. The summed E-state index contributed by atoms with van der Waals surface area (Å²) < 4.78 is 4.60. The van der Waals surface area contributed by atoms with E-state index in [2.05, 4.69) is 15.3 Å². The summed E-state index contributed by atoms with van der Waals surface area (Å²) in [7, 11) is 0. The number of non-ortho nitro benzene ring substituents is 1. The van der Waals surface area contributed by atoms with Crippen molar-refractivity contribution in [3.8, 4) is 11.3 Å². The fourth-order valence-corrected chi connectivity index (χ4v) is 3.54. The lowest BCUT2D eigenvalue weighted by Crippen LogP contribution is -3.00. The van der Waals surface area contributed by atoms with Crippen molar-refractivity contribution in [3.63, 3.8) is 0 Å². The van der Waals surface area contributed by atoms with Crippen LogP contribution in [0.4, 0.5) is 5.69 Å². The SMILES string of the molecule is O=[N+]([O-])c1ccc(C[n+]2cc(-c3ccc(Cl)cc3)n3c2CCC3)cc1.[Br-]. The van der Waals surface area contributed by atoms with Gasteiger partial charge >= 0.3 is 0 Å². The van der Waals surface area contributed by atoms with Crippen molar-refractivity contribution in [1.29, 1.82) is 0 Å². The molecule has 0 bridgehead atoms. The van der Waals surface area contributed by atoms with Crippen LogP contribution in [0.3, 0.4) is 0 Å². The quantitative estimate of drug-likeness (QED) is 0.349. The summed E-state index contributed by atoms with van der Waals surface area (Å²) in [5.74, 6) is 1.29. The van der Waals surface area contributed by atoms with Gasteiger partial charge in [-0.05, 0) is 48.4 Å². The Morgan fingerprint density at radius 2 is 1.81 bits per heavy atom. The minimum atomic E-state index is -0.369. The van der Waals surface area contributed by atoms with Gasteiger partial charge in [-0.3, -0.25) is 10.1 Å². The molecule has 1 aliphatic rings. The Hall–Kier alpha value is -2.18. The normalized spacial score (nSPS) is 12.5. The molecule has 2 heterocycles. The van der Waals surface area contributed by atoms with E-state index in [0.29, 0.717) is 6.54 Å². The Balaban J connectivity index is 0.00000196. The highest BCUT2D eigenvalue weighted by Gasteiger charge is 2.28. The number of hydrogen-bond acceptors (Lipinski definition) is 2. The van der Waals surface area contributed by atoms with Crippen LogP contribution in [0.25, 0.3) is 11.3 Å². The standard InChI is InChI=1S/C19H17ClN3O2.BrH/c20-16-7-5-15(6-8-16)18-13-21(19-2-1-11-22(18)19)12-14-3-9-17(10-4-14)23(24)25;/h3-10,13H,1-2,11-12H2;1H/q+1;/p-1. The first-order valence-corrected chi connectivity index (χ1v) is 8.61. The van der Waals surface area contributed by atoms with Crippen LogP contribution in [-0.2, 0) is 19.5 Å². The zero-order chi connectivity index (χ0) is 17.4. The van der Waals surface area contributed by atoms with E-state index in [-0.39, 0.29) is 27.6 Å². The van der Waals surface area contributed by atoms with Crippen molar-refractivity contribution in [2.24, 2.45) is 0 Å². The van der Waals surface area contributed by atoms with E-state index < -0.39 is 0 Å². The van der Waals surface area contributed by atoms with E-state index in [1.165, 1.54) is 11.5 Å². The second-order valence-electron chi connectivity index (χ2n) is 6.24. The highest BCUT2D eigenvalue weighted by Crippen LogP contribution is 2.26. The van der Waals surface area contributed by atoms with Crippen LogP contribution >= 0.6 is 11.6 Å². The molecule has 0 N–H and O–H groups in total. The number of nitro benzene ring substituents is 1. The number of benzene rings is 2. The molecule has 2 aromatic carbocycles. The maximum atomic E-state index is 10.8. The molecule has 3 aromatic rings. The number of imidazole rings is 1. The molecule has 5 nitrogen and oxygen atoms in total. The van der Waals surface area contributed by atoms with Crippen molar-refractivity contribution in [2.45, 2.75) is 25.9 Å². The average molecular weight is 435 g/mol. The molecular formula is C19H17BrClN3O2. The molecule has 0 saturated heterocycles. The molecule has 0 atom stereocenters. The lowest BCUT2D eigenvalue weighted by atomic mass is 10.1. The van der Waals surface area contributed by atoms with E-state index in [9.17, 15) is 10.1 Å². The molecule has 1 aromatic heterocycles. The minimum Gasteiger partial charge on any atom is -1.00 e. The van der Waals surface area contributed by atoms with Crippen LogP contribution < -0.4 is 21.5 Å². The number of aromatic nitrogens is 2. The molecular weight excluding hydrogens is 418 g/mol. The Morgan fingerprint density at radius 3 is 2.46 bits per heavy atom. The molecule has 0 fully saturated rings. The summed E-state index contributed by atoms with van der Waals surface area (Å²) in [6, 6.07) is 14.7. The molecule has 134 valence electrons. The van der Waals surface area contributed by atoms with E-state index in [4.69, 9.17) is 11.6 Å². The summed E-state index contributed by atoms with van der Waals surface area (Å²) in [6.07, 6.45) is 4.34. The molecule has 0 unspecified atom stereocenters. The first-order chi connectivity index (χ1) is 12.1. The fourth-order valence-electron chi connectivity index (χ4n) is 3.42. The first kappa shape index (κ1) is 18.6. The molecule has 26 heavy (non-hydrogen) atoms. The van der Waals surface area contributed by atoms with Gasteiger partial charge in [0.15, 0.2) is 5.69 Å². The Morgan fingerprint density at radius 1 is 1.12 bits per heavy atom. The molecule has 0 aliphatic carbocycles. The zero-order valence-electron chi connectivity index (χ0n) is 13.9. The highest BCUT2D eigenvalue weighted by atomic mass is 79.9. The monoisotopic (exact) mass is 433 g/mol. The van der Waals surface area contributed by atoms with Gasteiger partial charge in [0.1, 0.15) is 12.7 Å². The van der Waals surface area contributed by atoms with Gasteiger partial charge in [0.05, 0.1) is 17.9 Å². The Kier molecular flexibility index (Phi) is 5.44. The first-order valence-electron chi connectivity index (χ1n) is 8.23. The average Bonchev–Trinajstić information content (AvgIpc) is 3.20. The van der Waals surface area contributed by atoms with Crippen LogP contribution in [0.2, 0.25) is 5.02 Å². The van der Waals surface area contributed by atoms with Gasteiger partial charge in [-0.2, -0.15) is 0 Å². The second-order valence-corrected chi connectivity index (χ2v) is 6.68. The van der Waals surface area contributed by atoms with E-state index in [1.54, 1.807) is 12.1 Å². The number of rotatable bonds is 4. The molecule has 0 saturated carbocycles. The van der Waals surface area contributed by atoms with Crippen molar-refractivity contribution >= 4 is 17.3 Å². The summed E-state index contributed by atoms with van der Waals surface area (Å²) in [5.41, 5.74) is 3.51. The van der Waals surface area contributed by atoms with Gasteiger partial charge in [-0.1, -0.05) is 11.6 Å². The predicted molar refractivity (Wildman–Crippen MR) is 95.6 cm³/mol. The topological polar surface area (TPSA) is 52.0 Å². The van der Waals surface area contributed by atoms with Crippen molar-refractivity contribution < 1.29 is 26.5 Å². The van der Waals surface area contributed by atoms with Crippen LogP contribution in [0.1, 0.15) is 17.8 Å². The van der Waals surface area contributed by atoms with E-state index in [1.807, 2.05) is 36.4 Å². The number of halogens is 2. The zero-order valence-corrected chi connectivity index (χ0v) is 16.3. The number of nitro groups is 1. The van der Waals surface area contributed by atoms with Crippen LogP contribution in [0, 0.1) is 10.1 Å². The van der Waals surface area contributed by atoms with Crippen LogP contribution in [0.15, 0.2) is 54.7 Å². The number of fused-ring (bicyclic) bond motifs is 1. The summed E-state index contributed by atoms with van der Waals surface area (Å²) in [4.78, 5) is 10.4. The third-order valence-corrected chi connectivity index (χ3v) is 4.89. The summed E-state index contributed by atoms with van der Waals surface area (Å²) in [5, 5.41) is 11.5. The maximum absolute atomic E-state index is 10.8. The third kappa shape index (κ3) is 3.52. The fraction of sp³-hybridized carbons (Fsp3) is 0.211. The molecule has 1 aliphatic heterocycles. The van der Waals surface area contributed by atoms with Crippen LogP contribution in [-0.4, -0.2) is 9.49 Å². The van der Waals surface area contributed by atoms with Crippen molar-refractivity contribution in [1.82, 2.24) is 4.57 Å². The van der Waals surface area contributed by atoms with Gasteiger partial charge in [-0.15, -0.1) is 0 Å². The Bertz CT molecular complexity index is 937. The van der Waals surface area contributed by atoms with E-state index in [0.717, 1.165) is 35.5 Å². The lowest BCUT2D eigenvalue weighted by molar-refractivity contribution is -0.694. The molecule has 0 spiro atoms. The molecule has 0 amide bonds. The molecule has 4 rings (SSSR count). The Labute approximate surface area is 166 Å². The van der Waals surface area contributed by atoms with Gasteiger partial charge in [0, 0.05) is 22.7 Å². The largest absolute Gasteiger partial charge is 1.00 e. The third-order valence-electron chi connectivity index (χ3n) is 4.63. The lowest BCUT2D eigenvalue weighted by Gasteiger charge is -2.00. The van der Waals surface area contributed by atoms with Crippen molar-refractivity contribution in [2.75, 3.05) is 0 Å². The highest BCUT2D eigenvalue weighted by molar-refractivity contribution is 6.30. The second kappa shape index (κ2) is 7.60. The molecule has 0 radical (unpaired) electrons. The van der Waals surface area contributed by atoms with Gasteiger partial charge in [0.2, 0.25) is 0 Å². The van der Waals surface area contributed by atoms with Crippen molar-refractivity contribution in [3.05, 3.63) is 81.3 Å². The number of nitrogens with zero attached hydrogens (tertiary/aromatic N) is 3. The smallest absolute Gasteiger partial charge is 0.269 e. The summed E-state index contributed by atoms with van der Waals surface area (Å²) in [6.45, 7) is 1.72. The van der Waals surface area contributed by atoms with E-state index >= 15 is 0 Å². The molecule has 7 heteroatoms. The summed E-state index contributed by atoms with van der Waals surface area (Å²) >= 11 is 6.00. The van der Waals surface area contributed by atoms with Gasteiger partial charge in [-0.25, -0.2) is 9.13 Å².